The fourth-order valence-electron chi connectivity index (χ4n) is 4.88. The van der Waals surface area contributed by atoms with Gasteiger partial charge in [-0.15, -0.1) is 0 Å². The Labute approximate surface area is 181 Å². The minimum Gasteiger partial charge on any atom is -0.325 e. The monoisotopic (exact) mass is 432 g/mol. The average Bonchev–Trinajstić information content (AvgIpc) is 3.13. The summed E-state index contributed by atoms with van der Waals surface area (Å²) in [5.74, 6) is -0.181. The Kier molecular flexibility index (Phi) is 6.37. The SMILES string of the molecule is CCC(CC)C1(N)C(=O)CC[C@]12C(=O)Nc1cc(Cl)ccc12.Clc1ccccc1. The number of fused-ring (bicyclic) bond motifs is 2. The normalized spacial score (nSPS) is 25.0. The fraction of sp³-hybridized carbons (Fsp3) is 0.391. The van der Waals surface area contributed by atoms with Crippen molar-refractivity contribution < 1.29 is 9.59 Å². The molecule has 4 nitrogen and oxygen atoms in total. The van der Waals surface area contributed by atoms with Gasteiger partial charge in [-0.3, -0.25) is 9.59 Å². The van der Waals surface area contributed by atoms with Gasteiger partial charge in [0.2, 0.25) is 5.91 Å². The summed E-state index contributed by atoms with van der Waals surface area (Å²) in [6.07, 6.45) is 2.37. The van der Waals surface area contributed by atoms with Gasteiger partial charge < -0.3 is 11.1 Å². The lowest BCUT2D eigenvalue weighted by Gasteiger charge is -2.43. The predicted octanol–water partition coefficient (Wildman–Crippen LogP) is 5.37. The molecule has 2 aromatic carbocycles. The molecule has 1 amide bonds. The molecule has 1 unspecified atom stereocenters. The third-order valence-electron chi connectivity index (χ3n) is 6.33. The molecular formula is C23H26Cl2N2O2. The smallest absolute Gasteiger partial charge is 0.237 e. The number of nitrogens with one attached hydrogen (secondary N) is 1. The number of halogens is 2. The molecule has 2 aliphatic rings. The van der Waals surface area contributed by atoms with E-state index in [0.29, 0.717) is 23.6 Å². The zero-order valence-corrected chi connectivity index (χ0v) is 18.2. The van der Waals surface area contributed by atoms with Crippen molar-refractivity contribution in [1.82, 2.24) is 0 Å². The molecule has 0 saturated heterocycles. The summed E-state index contributed by atoms with van der Waals surface area (Å²) in [7, 11) is 0. The van der Waals surface area contributed by atoms with E-state index in [1.807, 2.05) is 50.2 Å². The maximum Gasteiger partial charge on any atom is 0.237 e. The van der Waals surface area contributed by atoms with Crippen LogP contribution in [0.2, 0.25) is 10.0 Å². The molecule has 154 valence electrons. The molecule has 0 aromatic heterocycles. The van der Waals surface area contributed by atoms with Gasteiger partial charge in [0.05, 0.1) is 5.54 Å². The maximum absolute atomic E-state index is 12.9. The van der Waals surface area contributed by atoms with E-state index in [4.69, 9.17) is 28.9 Å². The van der Waals surface area contributed by atoms with Gasteiger partial charge in [-0.25, -0.2) is 0 Å². The molecule has 29 heavy (non-hydrogen) atoms. The number of amides is 1. The molecule has 1 aliphatic carbocycles. The Morgan fingerprint density at radius 1 is 1.03 bits per heavy atom. The number of benzene rings is 2. The molecule has 1 fully saturated rings. The predicted molar refractivity (Wildman–Crippen MR) is 118 cm³/mol. The van der Waals surface area contributed by atoms with Gasteiger partial charge in [0, 0.05) is 22.2 Å². The number of carbonyl (C=O) groups excluding carboxylic acids is 2. The van der Waals surface area contributed by atoms with Gasteiger partial charge in [0.15, 0.2) is 5.78 Å². The third-order valence-corrected chi connectivity index (χ3v) is 6.82. The highest BCUT2D eigenvalue weighted by atomic mass is 35.5. The Bertz CT molecular complexity index is 914. The van der Waals surface area contributed by atoms with E-state index in [-0.39, 0.29) is 17.6 Å². The van der Waals surface area contributed by atoms with Crippen molar-refractivity contribution in [3.63, 3.8) is 0 Å². The van der Waals surface area contributed by atoms with Crippen molar-refractivity contribution >= 4 is 40.6 Å². The van der Waals surface area contributed by atoms with Gasteiger partial charge in [0.25, 0.3) is 0 Å². The molecule has 6 heteroatoms. The van der Waals surface area contributed by atoms with Crippen molar-refractivity contribution in [2.24, 2.45) is 11.7 Å². The van der Waals surface area contributed by atoms with Crippen LogP contribution < -0.4 is 11.1 Å². The zero-order valence-electron chi connectivity index (χ0n) is 16.7. The topological polar surface area (TPSA) is 72.2 Å². The molecule has 1 aliphatic heterocycles. The van der Waals surface area contributed by atoms with Crippen LogP contribution in [0.25, 0.3) is 0 Å². The van der Waals surface area contributed by atoms with E-state index in [1.165, 1.54) is 0 Å². The summed E-state index contributed by atoms with van der Waals surface area (Å²) in [6.45, 7) is 4.05. The first-order valence-electron chi connectivity index (χ1n) is 9.95. The first-order valence-corrected chi connectivity index (χ1v) is 10.7. The molecule has 0 radical (unpaired) electrons. The highest BCUT2D eigenvalue weighted by Gasteiger charge is 2.67. The second-order valence-electron chi connectivity index (χ2n) is 7.65. The second kappa shape index (κ2) is 8.47. The fourth-order valence-corrected chi connectivity index (χ4v) is 5.20. The average molecular weight is 433 g/mol. The van der Waals surface area contributed by atoms with Gasteiger partial charge in [0.1, 0.15) is 5.41 Å². The Morgan fingerprint density at radius 2 is 1.69 bits per heavy atom. The van der Waals surface area contributed by atoms with Crippen LogP contribution in [-0.2, 0) is 15.0 Å². The van der Waals surface area contributed by atoms with Crippen LogP contribution in [0.15, 0.2) is 48.5 Å². The number of rotatable bonds is 3. The Balaban J connectivity index is 0.000000290. The summed E-state index contributed by atoms with van der Waals surface area (Å²) in [4.78, 5) is 25.6. The van der Waals surface area contributed by atoms with Gasteiger partial charge >= 0.3 is 0 Å². The van der Waals surface area contributed by atoms with Crippen molar-refractivity contribution in [1.29, 1.82) is 0 Å². The number of ketones is 1. The van der Waals surface area contributed by atoms with E-state index in [9.17, 15) is 9.59 Å². The van der Waals surface area contributed by atoms with E-state index in [0.717, 1.165) is 23.4 Å². The molecule has 3 N–H and O–H groups in total. The molecule has 4 rings (SSSR count). The number of anilines is 1. The summed E-state index contributed by atoms with van der Waals surface area (Å²) in [5, 5.41) is 4.25. The molecule has 2 aromatic rings. The van der Waals surface area contributed by atoms with Crippen LogP contribution >= 0.6 is 23.2 Å². The van der Waals surface area contributed by atoms with E-state index in [1.54, 1.807) is 12.1 Å². The third kappa shape index (κ3) is 3.48. The van der Waals surface area contributed by atoms with E-state index >= 15 is 0 Å². The van der Waals surface area contributed by atoms with Crippen LogP contribution in [0.1, 0.15) is 45.1 Å². The first-order chi connectivity index (χ1) is 13.8. The Morgan fingerprint density at radius 3 is 2.24 bits per heavy atom. The zero-order chi connectivity index (χ0) is 21.2. The number of carbonyl (C=O) groups is 2. The van der Waals surface area contributed by atoms with Crippen molar-refractivity contribution in [2.45, 2.75) is 50.5 Å². The highest BCUT2D eigenvalue weighted by Crippen LogP contribution is 2.55. The number of hydrogen-bond donors (Lipinski definition) is 2. The van der Waals surface area contributed by atoms with Gasteiger partial charge in [-0.1, -0.05) is 74.2 Å². The van der Waals surface area contributed by atoms with Crippen LogP contribution in [-0.4, -0.2) is 17.2 Å². The van der Waals surface area contributed by atoms with Crippen molar-refractivity contribution in [3.05, 3.63) is 64.1 Å². The molecule has 0 bridgehead atoms. The largest absolute Gasteiger partial charge is 0.325 e. The lowest BCUT2D eigenvalue weighted by molar-refractivity contribution is -0.131. The first kappa shape index (κ1) is 21.8. The molecule has 2 atom stereocenters. The molecule has 1 spiro atoms. The van der Waals surface area contributed by atoms with Crippen molar-refractivity contribution in [2.75, 3.05) is 5.32 Å². The number of nitrogens with two attached hydrogens (primary N) is 1. The number of Topliss-reactive ketones (excluding diaryl/α,β-unsaturated/α-hetero) is 1. The summed E-state index contributed by atoms with van der Waals surface area (Å²) >= 11 is 11.6. The second-order valence-corrected chi connectivity index (χ2v) is 8.52. The van der Waals surface area contributed by atoms with Gasteiger partial charge in [-0.2, -0.15) is 0 Å². The van der Waals surface area contributed by atoms with Crippen molar-refractivity contribution in [3.8, 4) is 0 Å². The summed E-state index contributed by atoms with van der Waals surface area (Å²) < 4.78 is 0. The standard InChI is InChI=1S/C17H21ClN2O2.C6H5Cl/c1-3-10(4-2)17(19)14(21)7-8-16(17)12-6-5-11(18)9-13(12)20-15(16)22;7-6-4-2-1-3-5-6/h5-6,9-10H,3-4,7-8,19H2,1-2H3,(H,20,22);1-5H/t16-,17?;/m0./s1. The van der Waals surface area contributed by atoms with Crippen LogP contribution in [0, 0.1) is 5.92 Å². The van der Waals surface area contributed by atoms with Crippen LogP contribution in [0.5, 0.6) is 0 Å². The lowest BCUT2D eigenvalue weighted by Crippen LogP contribution is -2.65. The highest BCUT2D eigenvalue weighted by molar-refractivity contribution is 6.31. The van der Waals surface area contributed by atoms with E-state index < -0.39 is 11.0 Å². The van der Waals surface area contributed by atoms with Gasteiger partial charge in [-0.05, 0) is 42.2 Å². The minimum atomic E-state index is -1.14. The minimum absolute atomic E-state index is 0.000787. The Hall–Kier alpha value is -1.88. The molecule has 1 saturated carbocycles. The van der Waals surface area contributed by atoms with Crippen LogP contribution in [0.4, 0.5) is 5.69 Å². The molecule has 1 heterocycles. The molecular weight excluding hydrogens is 407 g/mol. The summed E-state index contributed by atoms with van der Waals surface area (Å²) in [6, 6.07) is 14.8. The quantitative estimate of drug-likeness (QED) is 0.684. The number of hydrogen-bond acceptors (Lipinski definition) is 3. The lowest BCUT2D eigenvalue weighted by atomic mass is 9.61. The maximum atomic E-state index is 12.9. The van der Waals surface area contributed by atoms with Crippen LogP contribution in [0.3, 0.4) is 0 Å². The summed E-state index contributed by atoms with van der Waals surface area (Å²) in [5.41, 5.74) is 6.12. The van der Waals surface area contributed by atoms with E-state index in [2.05, 4.69) is 5.32 Å².